The van der Waals surface area contributed by atoms with Gasteiger partial charge in [-0.3, -0.25) is 4.72 Å². The van der Waals surface area contributed by atoms with Gasteiger partial charge in [-0.05, 0) is 39.3 Å². The average molecular weight is 360 g/mol. The van der Waals surface area contributed by atoms with Crippen molar-refractivity contribution >= 4 is 15.7 Å². The Bertz CT molecular complexity index is 1050. The molecule has 0 saturated heterocycles. The van der Waals surface area contributed by atoms with E-state index in [4.69, 9.17) is 4.42 Å². The lowest BCUT2D eigenvalue weighted by Gasteiger charge is -2.12. The van der Waals surface area contributed by atoms with E-state index < -0.39 is 10.0 Å². The topological polar surface area (TPSA) is 101 Å². The number of hydrogen-bond acceptors (Lipinski definition) is 5. The Kier molecular flexibility index (Phi) is 4.16. The summed E-state index contributed by atoms with van der Waals surface area (Å²) in [6.45, 7) is 8.96. The molecule has 7 nitrogen and oxygen atoms in total. The summed E-state index contributed by atoms with van der Waals surface area (Å²) in [5.41, 5.74) is 4.02. The van der Waals surface area contributed by atoms with Gasteiger partial charge in [-0.2, -0.15) is 0 Å². The monoisotopic (exact) mass is 360 g/mol. The minimum Gasteiger partial charge on any atom is -0.421 e. The lowest BCUT2D eigenvalue weighted by atomic mass is 10.1. The Morgan fingerprint density at radius 2 is 1.76 bits per heavy atom. The number of sulfonamides is 1. The molecule has 0 aliphatic rings. The van der Waals surface area contributed by atoms with Gasteiger partial charge >= 0.3 is 0 Å². The van der Waals surface area contributed by atoms with Crippen molar-refractivity contribution in [2.24, 2.45) is 0 Å². The number of nitrogens with zero attached hydrogens (tertiary/aromatic N) is 2. The highest BCUT2D eigenvalue weighted by molar-refractivity contribution is 7.93. The highest BCUT2D eigenvalue weighted by Gasteiger charge is 2.29. The molecule has 0 spiro atoms. The fraction of sp³-hybridized carbons (Fsp3) is 0.294. The molecule has 2 aromatic heterocycles. The first-order valence-corrected chi connectivity index (χ1v) is 9.27. The van der Waals surface area contributed by atoms with Crippen LogP contribution in [-0.2, 0) is 10.0 Å². The fourth-order valence-electron chi connectivity index (χ4n) is 2.87. The molecule has 0 radical (unpaired) electrons. The molecule has 0 saturated carbocycles. The van der Waals surface area contributed by atoms with Gasteiger partial charge in [0.25, 0.3) is 15.9 Å². The van der Waals surface area contributed by atoms with Crippen molar-refractivity contribution in [1.82, 2.24) is 15.2 Å². The van der Waals surface area contributed by atoms with Gasteiger partial charge in [-0.25, -0.2) is 8.42 Å². The first-order valence-electron chi connectivity index (χ1n) is 7.79. The van der Waals surface area contributed by atoms with E-state index in [9.17, 15) is 8.42 Å². The van der Waals surface area contributed by atoms with Crippen LogP contribution in [0, 0.1) is 34.6 Å². The molecule has 2 heterocycles. The van der Waals surface area contributed by atoms with Gasteiger partial charge in [0, 0.05) is 18.3 Å². The van der Waals surface area contributed by atoms with Crippen molar-refractivity contribution in [3.8, 4) is 11.5 Å². The number of hydrogen-bond donors (Lipinski definition) is 2. The first-order chi connectivity index (χ1) is 11.7. The van der Waals surface area contributed by atoms with Crippen LogP contribution < -0.4 is 4.72 Å². The van der Waals surface area contributed by atoms with Crippen LogP contribution in [-0.4, -0.2) is 23.6 Å². The van der Waals surface area contributed by atoms with Gasteiger partial charge in [0.2, 0.25) is 5.89 Å². The number of nitrogens with one attached hydrogen (secondary N) is 2. The zero-order valence-corrected chi connectivity index (χ0v) is 15.6. The molecule has 2 N–H and O–H groups in total. The number of rotatable bonds is 4. The van der Waals surface area contributed by atoms with E-state index in [1.54, 1.807) is 26.8 Å². The van der Waals surface area contributed by atoms with E-state index in [0.717, 1.165) is 11.1 Å². The van der Waals surface area contributed by atoms with Crippen molar-refractivity contribution < 1.29 is 12.8 Å². The summed E-state index contributed by atoms with van der Waals surface area (Å²) in [6, 6.07) is 5.55. The maximum Gasteiger partial charge on any atom is 0.264 e. The smallest absolute Gasteiger partial charge is 0.264 e. The molecule has 3 rings (SSSR count). The molecule has 8 heteroatoms. The predicted molar refractivity (Wildman–Crippen MR) is 95.0 cm³/mol. The van der Waals surface area contributed by atoms with E-state index in [1.807, 2.05) is 26.0 Å². The van der Waals surface area contributed by atoms with Crippen molar-refractivity contribution in [3.63, 3.8) is 0 Å². The molecule has 0 unspecified atom stereocenters. The molecule has 132 valence electrons. The normalized spacial score (nSPS) is 11.7. The molecule has 0 amide bonds. The third-order valence-corrected chi connectivity index (χ3v) is 5.49. The van der Waals surface area contributed by atoms with Gasteiger partial charge in [0.05, 0.1) is 11.3 Å². The third kappa shape index (κ3) is 3.17. The van der Waals surface area contributed by atoms with Crippen LogP contribution in [0.5, 0.6) is 0 Å². The molecule has 3 aromatic rings. The summed E-state index contributed by atoms with van der Waals surface area (Å²) < 4.78 is 34.2. The van der Waals surface area contributed by atoms with E-state index in [-0.39, 0.29) is 10.8 Å². The Morgan fingerprint density at radius 3 is 2.36 bits per heavy atom. The maximum atomic E-state index is 13.1. The second-order valence-electron chi connectivity index (χ2n) is 6.13. The molecule has 0 aliphatic heterocycles. The second-order valence-corrected chi connectivity index (χ2v) is 7.75. The molecule has 0 aliphatic carbocycles. The number of anilines is 1. The van der Waals surface area contributed by atoms with Crippen LogP contribution >= 0.6 is 0 Å². The van der Waals surface area contributed by atoms with Gasteiger partial charge in [-0.15, -0.1) is 10.2 Å². The Labute approximate surface area is 146 Å². The summed E-state index contributed by atoms with van der Waals surface area (Å²) in [4.78, 5) is 3.17. The Hall–Kier alpha value is -2.61. The van der Waals surface area contributed by atoms with Gasteiger partial charge in [0.1, 0.15) is 4.90 Å². The van der Waals surface area contributed by atoms with Gasteiger partial charge in [-0.1, -0.05) is 17.7 Å². The van der Waals surface area contributed by atoms with Crippen LogP contribution in [0.15, 0.2) is 27.5 Å². The number of aromatic amines is 1. The minimum atomic E-state index is -3.84. The zero-order valence-electron chi connectivity index (χ0n) is 14.8. The van der Waals surface area contributed by atoms with E-state index in [2.05, 4.69) is 19.9 Å². The molecular formula is C17H20N4O3S. The van der Waals surface area contributed by atoms with Crippen LogP contribution in [0.25, 0.3) is 11.5 Å². The molecule has 25 heavy (non-hydrogen) atoms. The number of benzene rings is 1. The number of aromatic nitrogens is 3. The molecule has 0 fully saturated rings. The third-order valence-electron chi connectivity index (χ3n) is 3.95. The first kappa shape index (κ1) is 17.2. The highest BCUT2D eigenvalue weighted by atomic mass is 32.2. The number of H-pyrrole nitrogens is 1. The molecule has 0 atom stereocenters. The summed E-state index contributed by atoms with van der Waals surface area (Å²) in [5.74, 6) is 0.555. The maximum absolute atomic E-state index is 13.1. The Balaban J connectivity index is 2.12. The average Bonchev–Trinajstić information content (AvgIpc) is 3.05. The molecular weight excluding hydrogens is 340 g/mol. The SMILES string of the molecule is Cc1ccc(NS(=O)(=O)c2c(C)[nH]c(C)c2-c2nnc(C)o2)c(C)c1. The van der Waals surface area contributed by atoms with E-state index >= 15 is 0 Å². The molecule has 1 aromatic carbocycles. The summed E-state index contributed by atoms with van der Waals surface area (Å²) in [6.07, 6.45) is 0. The molecule has 0 bridgehead atoms. The van der Waals surface area contributed by atoms with Crippen molar-refractivity contribution in [2.75, 3.05) is 4.72 Å². The second kappa shape index (κ2) is 6.03. The highest BCUT2D eigenvalue weighted by Crippen LogP contribution is 2.34. The van der Waals surface area contributed by atoms with Crippen molar-refractivity contribution in [1.29, 1.82) is 0 Å². The van der Waals surface area contributed by atoms with Crippen LogP contribution in [0.3, 0.4) is 0 Å². The quantitative estimate of drug-likeness (QED) is 0.742. The lowest BCUT2D eigenvalue weighted by molar-refractivity contribution is 0.531. The summed E-state index contributed by atoms with van der Waals surface area (Å²) in [7, 11) is -3.84. The van der Waals surface area contributed by atoms with Crippen molar-refractivity contribution in [2.45, 2.75) is 39.5 Å². The fourth-order valence-corrected chi connectivity index (χ4v) is 4.46. The lowest BCUT2D eigenvalue weighted by Crippen LogP contribution is -2.15. The van der Waals surface area contributed by atoms with E-state index in [1.165, 1.54) is 0 Å². The van der Waals surface area contributed by atoms with Gasteiger partial charge in [0.15, 0.2) is 0 Å². The van der Waals surface area contributed by atoms with E-state index in [0.29, 0.717) is 28.5 Å². The number of aryl methyl sites for hydroxylation is 5. The van der Waals surface area contributed by atoms with Crippen LogP contribution in [0.2, 0.25) is 0 Å². The van der Waals surface area contributed by atoms with Crippen molar-refractivity contribution in [3.05, 3.63) is 46.6 Å². The Morgan fingerprint density at radius 1 is 1.04 bits per heavy atom. The largest absolute Gasteiger partial charge is 0.421 e. The minimum absolute atomic E-state index is 0.119. The van der Waals surface area contributed by atoms with Gasteiger partial charge < -0.3 is 9.40 Å². The van der Waals surface area contributed by atoms with Crippen LogP contribution in [0.1, 0.15) is 28.4 Å². The zero-order chi connectivity index (χ0) is 18.4. The summed E-state index contributed by atoms with van der Waals surface area (Å²) in [5, 5.41) is 7.77. The predicted octanol–water partition coefficient (Wildman–Crippen LogP) is 3.41. The standard InChI is InChI=1S/C17H20N4O3S/c1-9-6-7-14(10(2)8-9)21-25(22,23)16-12(4)18-11(3)15(16)17-20-19-13(5)24-17/h6-8,18,21H,1-5H3. The van der Waals surface area contributed by atoms with Crippen LogP contribution in [0.4, 0.5) is 5.69 Å². The summed E-state index contributed by atoms with van der Waals surface area (Å²) >= 11 is 0.